The normalized spacial score (nSPS) is 17.6. The van der Waals surface area contributed by atoms with Crippen molar-refractivity contribution in [2.45, 2.75) is 25.3 Å². The molecule has 1 saturated heterocycles. The van der Waals surface area contributed by atoms with E-state index in [4.69, 9.17) is 22.1 Å². The number of carbonyl (C=O) groups excluding carboxylic acids is 2. The van der Waals surface area contributed by atoms with Gasteiger partial charge in [0, 0.05) is 43.2 Å². The number of pyridine rings is 1. The molecule has 5 rings (SSSR count). The van der Waals surface area contributed by atoms with Gasteiger partial charge in [0.25, 0.3) is 0 Å². The molecule has 1 unspecified atom stereocenters. The van der Waals surface area contributed by atoms with Gasteiger partial charge in [-0.05, 0) is 49.7 Å². The number of nitrogens with two attached hydrogens (primary N) is 1. The third kappa shape index (κ3) is 4.70. The number of H-pyrrole nitrogens is 1. The molecule has 1 fully saturated rings. The SMILES string of the molecule is CCc1cnc2[nH]cc(C(=O)c3ccc(Oc4cccc(F)c4)cc3Cl)c2c1NC1(C(N)=O)CCN(C)C1. The number of amides is 1. The maximum atomic E-state index is 13.8. The van der Waals surface area contributed by atoms with Gasteiger partial charge in [0.1, 0.15) is 28.5 Å². The van der Waals surface area contributed by atoms with E-state index in [1.165, 1.54) is 24.3 Å². The van der Waals surface area contributed by atoms with Crippen LogP contribution in [0.5, 0.6) is 11.5 Å². The summed E-state index contributed by atoms with van der Waals surface area (Å²) in [5, 5.41) is 4.17. The number of hydrogen-bond acceptors (Lipinski definition) is 6. The number of benzene rings is 2. The van der Waals surface area contributed by atoms with Gasteiger partial charge >= 0.3 is 0 Å². The number of likely N-dealkylation sites (N-methyl/N-ethyl adjacent to an activating group) is 1. The zero-order valence-corrected chi connectivity index (χ0v) is 21.7. The molecule has 0 saturated carbocycles. The van der Waals surface area contributed by atoms with Gasteiger partial charge in [-0.15, -0.1) is 0 Å². The predicted molar refractivity (Wildman–Crippen MR) is 144 cm³/mol. The van der Waals surface area contributed by atoms with Crippen molar-refractivity contribution in [2.75, 3.05) is 25.5 Å². The van der Waals surface area contributed by atoms with Gasteiger partial charge in [0.2, 0.25) is 5.91 Å². The number of carbonyl (C=O) groups is 2. The van der Waals surface area contributed by atoms with E-state index in [9.17, 15) is 14.0 Å². The van der Waals surface area contributed by atoms with Crippen LogP contribution in [0.2, 0.25) is 5.02 Å². The van der Waals surface area contributed by atoms with Crippen molar-refractivity contribution in [3.05, 3.63) is 82.4 Å². The number of aryl methyl sites for hydroxylation is 1. The minimum atomic E-state index is -0.974. The molecule has 10 heteroatoms. The van der Waals surface area contributed by atoms with E-state index < -0.39 is 17.3 Å². The van der Waals surface area contributed by atoms with Crippen LogP contribution in [0.15, 0.2) is 54.9 Å². The Morgan fingerprint density at radius 1 is 1.24 bits per heavy atom. The minimum absolute atomic E-state index is 0.179. The highest BCUT2D eigenvalue weighted by Crippen LogP contribution is 2.36. The summed E-state index contributed by atoms with van der Waals surface area (Å²) in [6.07, 6.45) is 4.49. The lowest BCUT2D eigenvalue weighted by atomic mass is 9.94. The van der Waals surface area contributed by atoms with Crippen molar-refractivity contribution < 1.29 is 18.7 Å². The highest BCUT2D eigenvalue weighted by Gasteiger charge is 2.43. The van der Waals surface area contributed by atoms with Gasteiger partial charge in [0.15, 0.2) is 5.78 Å². The topological polar surface area (TPSA) is 113 Å². The molecule has 1 amide bonds. The van der Waals surface area contributed by atoms with Gasteiger partial charge in [-0.25, -0.2) is 9.37 Å². The quantitative estimate of drug-likeness (QED) is 0.276. The molecule has 0 aliphatic carbocycles. The smallest absolute Gasteiger partial charge is 0.244 e. The molecule has 2 aromatic heterocycles. The van der Waals surface area contributed by atoms with Crippen LogP contribution in [0, 0.1) is 5.82 Å². The number of nitrogens with one attached hydrogen (secondary N) is 2. The molecule has 2 aromatic carbocycles. The number of nitrogens with zero attached hydrogens (tertiary/aromatic N) is 2. The van der Waals surface area contributed by atoms with Gasteiger partial charge in [0.05, 0.1) is 21.7 Å². The summed E-state index contributed by atoms with van der Waals surface area (Å²) in [6.45, 7) is 3.14. The summed E-state index contributed by atoms with van der Waals surface area (Å²) in [5.74, 6) is -0.525. The molecular weight excluding hydrogens is 509 g/mol. The molecule has 0 radical (unpaired) electrons. The first kappa shape index (κ1) is 25.7. The van der Waals surface area contributed by atoms with Gasteiger partial charge in [-0.1, -0.05) is 24.6 Å². The number of anilines is 1. The predicted octanol–water partition coefficient (Wildman–Crippen LogP) is 4.91. The van der Waals surface area contributed by atoms with Crippen LogP contribution < -0.4 is 15.8 Å². The molecular formula is C28H27ClFN5O3. The number of ether oxygens (including phenoxy) is 1. The molecule has 1 aliphatic heterocycles. The van der Waals surface area contributed by atoms with E-state index in [2.05, 4.69) is 15.3 Å². The molecule has 0 spiro atoms. The molecule has 1 atom stereocenters. The fraction of sp³-hybridized carbons (Fsp3) is 0.250. The average molecular weight is 536 g/mol. The number of primary amides is 1. The van der Waals surface area contributed by atoms with Crippen molar-refractivity contribution in [2.24, 2.45) is 5.73 Å². The number of hydrogen-bond donors (Lipinski definition) is 3. The monoisotopic (exact) mass is 535 g/mol. The average Bonchev–Trinajstić information content (AvgIpc) is 3.48. The lowest BCUT2D eigenvalue weighted by molar-refractivity contribution is -0.121. The molecule has 4 N–H and O–H groups in total. The summed E-state index contributed by atoms with van der Waals surface area (Å²) in [7, 11) is 1.93. The van der Waals surface area contributed by atoms with Crippen LogP contribution in [0.4, 0.5) is 10.1 Å². The molecule has 0 bridgehead atoms. The molecule has 196 valence electrons. The molecule has 4 aromatic rings. The summed E-state index contributed by atoms with van der Waals surface area (Å²) >= 11 is 6.52. The Hall–Kier alpha value is -3.95. The Labute approximate surface area is 223 Å². The molecule has 1 aliphatic rings. The van der Waals surface area contributed by atoms with Crippen LogP contribution in [0.1, 0.15) is 34.8 Å². The highest BCUT2D eigenvalue weighted by molar-refractivity contribution is 6.36. The standard InChI is InChI=1S/C28H27ClFN5O3/c1-3-16-13-32-26-23(24(16)34-28(27(31)37)9-10-35(2)15-28)21(14-33-26)25(36)20-8-7-19(12-22(20)29)38-18-6-4-5-17(30)11-18/h4-8,11-14H,3,9-10,15H2,1-2H3,(H2,31,37)(H2,32,33,34). The van der Waals surface area contributed by atoms with Crippen molar-refractivity contribution >= 4 is 40.0 Å². The molecule has 38 heavy (non-hydrogen) atoms. The lowest BCUT2D eigenvalue weighted by Crippen LogP contribution is -2.52. The number of aromatic nitrogens is 2. The first-order chi connectivity index (χ1) is 18.2. The van der Waals surface area contributed by atoms with Crippen molar-refractivity contribution in [1.82, 2.24) is 14.9 Å². The zero-order chi connectivity index (χ0) is 27.0. The summed E-state index contributed by atoms with van der Waals surface area (Å²) < 4.78 is 19.2. The minimum Gasteiger partial charge on any atom is -0.457 e. The van der Waals surface area contributed by atoms with E-state index in [-0.39, 0.29) is 16.4 Å². The molecule has 8 nitrogen and oxygen atoms in total. The van der Waals surface area contributed by atoms with E-state index in [0.29, 0.717) is 59.7 Å². The highest BCUT2D eigenvalue weighted by atomic mass is 35.5. The second-order valence-electron chi connectivity index (χ2n) is 9.53. The largest absolute Gasteiger partial charge is 0.457 e. The van der Waals surface area contributed by atoms with Crippen LogP contribution in [0.25, 0.3) is 11.0 Å². The van der Waals surface area contributed by atoms with E-state index in [1.807, 2.05) is 18.9 Å². The number of halogens is 2. The second kappa shape index (κ2) is 10.1. The molecule has 3 heterocycles. The number of ketones is 1. The fourth-order valence-electron chi connectivity index (χ4n) is 4.88. The number of fused-ring (bicyclic) bond motifs is 1. The van der Waals surface area contributed by atoms with Crippen molar-refractivity contribution in [1.29, 1.82) is 0 Å². The maximum Gasteiger partial charge on any atom is 0.244 e. The van der Waals surface area contributed by atoms with Gasteiger partial charge in [-0.3, -0.25) is 9.59 Å². The van der Waals surface area contributed by atoms with Crippen LogP contribution in [-0.2, 0) is 11.2 Å². The van der Waals surface area contributed by atoms with Gasteiger partial charge in [-0.2, -0.15) is 0 Å². The lowest BCUT2D eigenvalue weighted by Gasteiger charge is -2.29. The summed E-state index contributed by atoms with van der Waals surface area (Å²) in [5.41, 5.74) is 7.52. The van der Waals surface area contributed by atoms with Gasteiger partial charge < -0.3 is 25.7 Å². The fourth-order valence-corrected chi connectivity index (χ4v) is 5.14. The first-order valence-electron chi connectivity index (χ1n) is 12.2. The number of aromatic amines is 1. The van der Waals surface area contributed by atoms with Crippen LogP contribution in [0.3, 0.4) is 0 Å². The Morgan fingerprint density at radius 3 is 2.68 bits per heavy atom. The number of rotatable bonds is 8. The summed E-state index contributed by atoms with van der Waals surface area (Å²) in [6, 6.07) is 10.4. The van der Waals surface area contributed by atoms with Crippen molar-refractivity contribution in [3.8, 4) is 11.5 Å². The Bertz CT molecular complexity index is 1560. The Balaban J connectivity index is 1.53. The third-order valence-corrected chi connectivity index (χ3v) is 7.23. The zero-order valence-electron chi connectivity index (χ0n) is 21.0. The first-order valence-corrected chi connectivity index (χ1v) is 12.6. The van der Waals surface area contributed by atoms with E-state index in [0.717, 1.165) is 5.56 Å². The second-order valence-corrected chi connectivity index (χ2v) is 9.93. The Morgan fingerprint density at radius 2 is 2.03 bits per heavy atom. The van der Waals surface area contributed by atoms with Crippen LogP contribution in [-0.4, -0.2) is 52.2 Å². The van der Waals surface area contributed by atoms with E-state index >= 15 is 0 Å². The number of likely N-dealkylation sites (tertiary alicyclic amines) is 1. The summed E-state index contributed by atoms with van der Waals surface area (Å²) in [4.78, 5) is 36.0. The van der Waals surface area contributed by atoms with Crippen LogP contribution >= 0.6 is 11.6 Å². The van der Waals surface area contributed by atoms with Crippen molar-refractivity contribution in [3.63, 3.8) is 0 Å². The maximum absolute atomic E-state index is 13.8. The van der Waals surface area contributed by atoms with E-state index in [1.54, 1.807) is 30.6 Å². The Kier molecular flexibility index (Phi) is 6.81. The third-order valence-electron chi connectivity index (χ3n) is 6.92.